The number of amides is 1. The Morgan fingerprint density at radius 3 is 2.57 bits per heavy atom. The molecule has 1 aliphatic rings. The van der Waals surface area contributed by atoms with Gasteiger partial charge in [-0.25, -0.2) is 0 Å². The van der Waals surface area contributed by atoms with Crippen molar-refractivity contribution in [1.29, 1.82) is 0 Å². The van der Waals surface area contributed by atoms with Gasteiger partial charge in [0.15, 0.2) is 5.76 Å². The van der Waals surface area contributed by atoms with Gasteiger partial charge in [0.1, 0.15) is 0 Å². The highest BCUT2D eigenvalue weighted by molar-refractivity contribution is 6.42. The number of hydrogen-bond donors (Lipinski definition) is 2. The number of anilines is 1. The molecule has 1 aliphatic heterocycles. The summed E-state index contributed by atoms with van der Waals surface area (Å²) < 4.78 is 5.28. The predicted octanol–water partition coefficient (Wildman–Crippen LogP) is 5.35. The number of methoxy groups -OCH3 is 1. The van der Waals surface area contributed by atoms with Crippen LogP contribution in [0.15, 0.2) is 66.4 Å². The van der Waals surface area contributed by atoms with E-state index in [1.54, 1.807) is 18.2 Å². The van der Waals surface area contributed by atoms with Gasteiger partial charge in [-0.3, -0.25) is 9.69 Å². The Morgan fingerprint density at radius 2 is 1.83 bits per heavy atom. The van der Waals surface area contributed by atoms with Gasteiger partial charge in [0.05, 0.1) is 17.2 Å². The number of rotatable bonds is 9. The number of nitrogens with one attached hydrogen (secondary N) is 2. The van der Waals surface area contributed by atoms with Crippen molar-refractivity contribution in [3.8, 4) is 0 Å². The van der Waals surface area contributed by atoms with E-state index in [2.05, 4.69) is 44.4 Å². The third-order valence-electron chi connectivity index (χ3n) is 6.08. The van der Waals surface area contributed by atoms with Gasteiger partial charge < -0.3 is 19.9 Å². The molecule has 0 bridgehead atoms. The fourth-order valence-corrected chi connectivity index (χ4v) is 4.51. The first-order chi connectivity index (χ1) is 17.0. The summed E-state index contributed by atoms with van der Waals surface area (Å²) in [5.74, 6) is 0.0428. The number of piperazine rings is 1. The Labute approximate surface area is 216 Å². The maximum absolute atomic E-state index is 12.5. The second-order valence-corrected chi connectivity index (χ2v) is 9.26. The Balaban J connectivity index is 1.20. The van der Waals surface area contributed by atoms with Crippen molar-refractivity contribution in [3.05, 3.63) is 82.2 Å². The van der Waals surface area contributed by atoms with Gasteiger partial charge in [0.2, 0.25) is 0 Å². The average Bonchev–Trinajstić information content (AvgIpc) is 3.26. The number of aromatic nitrogens is 1. The van der Waals surface area contributed by atoms with Crippen molar-refractivity contribution in [3.63, 3.8) is 0 Å². The summed E-state index contributed by atoms with van der Waals surface area (Å²) in [5, 5.41) is 4.94. The second kappa shape index (κ2) is 12.2. The first-order valence-electron chi connectivity index (χ1n) is 11.7. The number of carbonyl (C=O) groups excluding carboxylic acids is 1. The second-order valence-electron chi connectivity index (χ2n) is 8.45. The lowest BCUT2D eigenvalue weighted by Gasteiger charge is -2.36. The molecular formula is C27H30Cl2N4O2. The number of allylic oxidation sites excluding steroid dienone is 2. The summed E-state index contributed by atoms with van der Waals surface area (Å²) in [6.07, 6.45) is 6.19. The minimum absolute atomic E-state index is 0.221. The van der Waals surface area contributed by atoms with Crippen LogP contribution in [0.25, 0.3) is 17.0 Å². The van der Waals surface area contributed by atoms with Gasteiger partial charge in [0, 0.05) is 55.0 Å². The third kappa shape index (κ3) is 6.82. The Hall–Kier alpha value is -2.93. The lowest BCUT2D eigenvalue weighted by atomic mass is 10.2. The standard InChI is InChI=1S/C27H30Cl2N4O2/c1-35-26(10-5-7-21-17-20-18-23(28)24(29)19-25(20)31-21)27(34)30-11-6-12-32-13-15-33(16-14-32)22-8-3-2-4-9-22/h2-5,7-10,17-19,31H,6,11-16H2,1H3,(H,30,34)/b7-5+,26-10-. The number of ether oxygens (including phenoxy) is 1. The summed E-state index contributed by atoms with van der Waals surface area (Å²) in [6.45, 7) is 5.67. The van der Waals surface area contributed by atoms with Crippen LogP contribution in [0.3, 0.4) is 0 Å². The van der Waals surface area contributed by atoms with E-state index in [0.29, 0.717) is 16.6 Å². The number of benzene rings is 2. The molecule has 6 nitrogen and oxygen atoms in total. The van der Waals surface area contributed by atoms with E-state index in [1.807, 2.05) is 24.3 Å². The molecule has 1 fully saturated rings. The normalized spacial score (nSPS) is 15.2. The van der Waals surface area contributed by atoms with Crippen LogP contribution in [0.5, 0.6) is 0 Å². The van der Waals surface area contributed by atoms with Crippen LogP contribution in [-0.2, 0) is 9.53 Å². The molecule has 1 amide bonds. The molecule has 2 N–H and O–H groups in total. The van der Waals surface area contributed by atoms with Crippen LogP contribution >= 0.6 is 23.2 Å². The molecule has 0 radical (unpaired) electrons. The Morgan fingerprint density at radius 1 is 1.09 bits per heavy atom. The van der Waals surface area contributed by atoms with Gasteiger partial charge in [0.25, 0.3) is 5.91 Å². The SMILES string of the molecule is CO/C(=C\C=C\c1cc2cc(Cl)c(Cl)cc2[nH]1)C(=O)NCCCN1CCN(c2ccccc2)CC1. The molecule has 35 heavy (non-hydrogen) atoms. The summed E-state index contributed by atoms with van der Waals surface area (Å²) in [4.78, 5) is 20.6. The van der Waals surface area contributed by atoms with Gasteiger partial charge in [-0.15, -0.1) is 0 Å². The molecular weight excluding hydrogens is 483 g/mol. The van der Waals surface area contributed by atoms with Crippen LogP contribution in [-0.4, -0.2) is 62.2 Å². The van der Waals surface area contributed by atoms with Crippen LogP contribution in [0.1, 0.15) is 12.1 Å². The number of fused-ring (bicyclic) bond motifs is 1. The van der Waals surface area contributed by atoms with Crippen molar-refractivity contribution >= 4 is 51.8 Å². The predicted molar refractivity (Wildman–Crippen MR) is 145 cm³/mol. The van der Waals surface area contributed by atoms with Crippen LogP contribution in [0.4, 0.5) is 5.69 Å². The maximum atomic E-state index is 12.5. The molecule has 0 unspecified atom stereocenters. The van der Waals surface area contributed by atoms with Crippen molar-refractivity contribution in [1.82, 2.24) is 15.2 Å². The number of nitrogens with zero attached hydrogens (tertiary/aromatic N) is 2. The third-order valence-corrected chi connectivity index (χ3v) is 6.80. The number of hydrogen-bond acceptors (Lipinski definition) is 4. The van der Waals surface area contributed by atoms with E-state index in [-0.39, 0.29) is 11.7 Å². The monoisotopic (exact) mass is 512 g/mol. The number of carbonyl (C=O) groups is 1. The lowest BCUT2D eigenvalue weighted by molar-refractivity contribution is -0.120. The van der Waals surface area contributed by atoms with E-state index in [0.717, 1.165) is 55.7 Å². The average molecular weight is 513 g/mol. The van der Waals surface area contributed by atoms with Gasteiger partial charge in [-0.05, 0) is 55.4 Å². The maximum Gasteiger partial charge on any atom is 0.286 e. The number of para-hydroxylation sites is 1. The molecule has 0 spiro atoms. The van der Waals surface area contributed by atoms with Crippen LogP contribution in [0, 0.1) is 0 Å². The highest BCUT2D eigenvalue weighted by Crippen LogP contribution is 2.28. The summed E-state index contributed by atoms with van der Waals surface area (Å²) in [6, 6.07) is 16.1. The van der Waals surface area contributed by atoms with Crippen molar-refractivity contribution in [2.24, 2.45) is 0 Å². The molecule has 3 aromatic rings. The molecule has 2 aromatic carbocycles. The van der Waals surface area contributed by atoms with Gasteiger partial charge in [-0.2, -0.15) is 0 Å². The van der Waals surface area contributed by atoms with E-state index in [4.69, 9.17) is 27.9 Å². The van der Waals surface area contributed by atoms with Gasteiger partial charge >= 0.3 is 0 Å². The summed E-state index contributed by atoms with van der Waals surface area (Å²) in [5.41, 5.74) is 3.05. The van der Waals surface area contributed by atoms with Crippen LogP contribution in [0.2, 0.25) is 10.0 Å². The number of aromatic amines is 1. The Kier molecular flexibility index (Phi) is 8.74. The molecule has 1 aromatic heterocycles. The lowest BCUT2D eigenvalue weighted by Crippen LogP contribution is -2.47. The van der Waals surface area contributed by atoms with E-state index in [9.17, 15) is 4.79 Å². The topological polar surface area (TPSA) is 60.6 Å². The number of halogens is 2. The molecule has 8 heteroatoms. The highest BCUT2D eigenvalue weighted by atomic mass is 35.5. The molecule has 0 aliphatic carbocycles. The molecule has 1 saturated heterocycles. The fourth-order valence-electron chi connectivity index (χ4n) is 4.17. The van der Waals surface area contributed by atoms with Gasteiger partial charge in [-0.1, -0.05) is 47.5 Å². The Bertz CT molecular complexity index is 1160. The van der Waals surface area contributed by atoms with E-state index >= 15 is 0 Å². The van der Waals surface area contributed by atoms with E-state index in [1.165, 1.54) is 12.8 Å². The summed E-state index contributed by atoms with van der Waals surface area (Å²) >= 11 is 12.2. The molecule has 2 heterocycles. The molecule has 184 valence electrons. The zero-order chi connectivity index (χ0) is 24.6. The minimum atomic E-state index is -0.221. The van der Waals surface area contributed by atoms with Crippen LogP contribution < -0.4 is 10.2 Å². The molecule has 0 saturated carbocycles. The van der Waals surface area contributed by atoms with Crippen molar-refractivity contribution in [2.45, 2.75) is 6.42 Å². The molecule has 0 atom stereocenters. The quantitative estimate of drug-likeness (QED) is 0.175. The fraction of sp³-hybridized carbons (Fsp3) is 0.296. The zero-order valence-corrected chi connectivity index (χ0v) is 21.3. The number of H-pyrrole nitrogens is 1. The minimum Gasteiger partial charge on any atom is -0.491 e. The van der Waals surface area contributed by atoms with E-state index < -0.39 is 0 Å². The largest absolute Gasteiger partial charge is 0.491 e. The smallest absolute Gasteiger partial charge is 0.286 e. The highest BCUT2D eigenvalue weighted by Gasteiger charge is 2.16. The first kappa shape index (κ1) is 25.2. The van der Waals surface area contributed by atoms with Crippen molar-refractivity contribution in [2.75, 3.05) is 51.3 Å². The van der Waals surface area contributed by atoms with Crippen molar-refractivity contribution < 1.29 is 9.53 Å². The molecule has 4 rings (SSSR count). The zero-order valence-electron chi connectivity index (χ0n) is 19.8. The first-order valence-corrected chi connectivity index (χ1v) is 12.5. The summed E-state index contributed by atoms with van der Waals surface area (Å²) in [7, 11) is 1.50.